The molecule has 1 atom stereocenters. The number of rotatable bonds is 1. The molecule has 3 heteroatoms. The van der Waals surface area contributed by atoms with Gasteiger partial charge in [0.25, 0.3) is 0 Å². The highest BCUT2D eigenvalue weighted by atomic mass is 16.3. The van der Waals surface area contributed by atoms with Gasteiger partial charge in [-0.15, -0.1) is 0 Å². The highest BCUT2D eigenvalue weighted by Crippen LogP contribution is 2.22. The van der Waals surface area contributed by atoms with Crippen LogP contribution in [0.4, 0.5) is 0 Å². The minimum atomic E-state index is -0.192. The third-order valence-electron chi connectivity index (χ3n) is 2.74. The topological polar surface area (TPSA) is 38.0 Å². The summed E-state index contributed by atoms with van der Waals surface area (Å²) in [4.78, 5) is 4.59. The van der Waals surface area contributed by atoms with Crippen molar-refractivity contribution < 1.29 is 5.11 Å². The van der Waals surface area contributed by atoms with Crippen molar-refractivity contribution in [3.05, 3.63) is 17.7 Å². The van der Waals surface area contributed by atoms with Gasteiger partial charge in [0.1, 0.15) is 5.82 Å². The Morgan fingerprint density at radius 2 is 2.27 bits per heavy atom. The Bertz CT molecular complexity index is 349. The van der Waals surface area contributed by atoms with Crippen molar-refractivity contribution in [2.24, 2.45) is 5.41 Å². The molecule has 2 heterocycles. The number of aliphatic hydroxyl groups is 1. The summed E-state index contributed by atoms with van der Waals surface area (Å²) in [5, 5.41) is 9.54. The Hall–Kier alpha value is -0.830. The fraction of sp³-hybridized carbons (Fsp3) is 0.750. The number of hydrogen-bond acceptors (Lipinski definition) is 2. The summed E-state index contributed by atoms with van der Waals surface area (Å²) in [5.74, 6) is 1.05. The van der Waals surface area contributed by atoms with E-state index in [9.17, 15) is 5.11 Å². The lowest BCUT2D eigenvalue weighted by atomic mass is 9.91. The van der Waals surface area contributed by atoms with Crippen LogP contribution >= 0.6 is 0 Å². The molecule has 1 aliphatic rings. The fourth-order valence-electron chi connectivity index (χ4n) is 2.10. The largest absolute Gasteiger partial charge is 0.393 e. The van der Waals surface area contributed by atoms with Gasteiger partial charge >= 0.3 is 0 Å². The van der Waals surface area contributed by atoms with Crippen molar-refractivity contribution in [2.75, 3.05) is 0 Å². The Labute approximate surface area is 91.1 Å². The van der Waals surface area contributed by atoms with Gasteiger partial charge in [0, 0.05) is 19.2 Å². The van der Waals surface area contributed by atoms with E-state index in [1.165, 1.54) is 0 Å². The molecule has 0 aliphatic carbocycles. The van der Waals surface area contributed by atoms with Gasteiger partial charge in [-0.1, -0.05) is 20.8 Å². The van der Waals surface area contributed by atoms with Crippen molar-refractivity contribution in [1.82, 2.24) is 9.55 Å². The smallest absolute Gasteiger partial charge is 0.111 e. The fourth-order valence-corrected chi connectivity index (χ4v) is 2.10. The predicted molar refractivity (Wildman–Crippen MR) is 59.7 cm³/mol. The summed E-state index contributed by atoms with van der Waals surface area (Å²) >= 11 is 0. The number of hydrogen-bond donors (Lipinski definition) is 1. The predicted octanol–water partition coefficient (Wildman–Crippen LogP) is 1.78. The Balaban J connectivity index is 2.16. The van der Waals surface area contributed by atoms with Gasteiger partial charge in [-0.25, -0.2) is 4.98 Å². The van der Waals surface area contributed by atoms with Crippen LogP contribution in [0.3, 0.4) is 0 Å². The molecule has 1 N–H and O–H groups in total. The second-order valence-corrected chi connectivity index (χ2v) is 5.73. The molecule has 0 spiro atoms. The molecule has 0 bridgehead atoms. The van der Waals surface area contributed by atoms with Gasteiger partial charge in [0.05, 0.1) is 11.8 Å². The van der Waals surface area contributed by atoms with Crippen LogP contribution in [0.1, 0.15) is 38.7 Å². The van der Waals surface area contributed by atoms with Crippen molar-refractivity contribution in [3.63, 3.8) is 0 Å². The van der Waals surface area contributed by atoms with Crippen molar-refractivity contribution >= 4 is 0 Å². The lowest BCUT2D eigenvalue weighted by Crippen LogP contribution is -2.22. The quantitative estimate of drug-likeness (QED) is 0.764. The molecule has 0 fully saturated rings. The van der Waals surface area contributed by atoms with Crippen LogP contribution in [-0.2, 0) is 19.4 Å². The van der Waals surface area contributed by atoms with Crippen LogP contribution in [0.2, 0.25) is 0 Å². The number of aliphatic hydroxyl groups excluding tert-OH is 1. The number of imidazole rings is 1. The van der Waals surface area contributed by atoms with Crippen LogP contribution in [-0.4, -0.2) is 20.8 Å². The zero-order chi connectivity index (χ0) is 11.1. The normalized spacial score (nSPS) is 21.5. The molecule has 0 aromatic carbocycles. The molecule has 1 aliphatic heterocycles. The van der Waals surface area contributed by atoms with E-state index in [1.54, 1.807) is 0 Å². The maximum atomic E-state index is 9.54. The highest BCUT2D eigenvalue weighted by molar-refractivity contribution is 5.08. The van der Waals surface area contributed by atoms with Crippen LogP contribution in [0, 0.1) is 5.41 Å². The maximum Gasteiger partial charge on any atom is 0.111 e. The average molecular weight is 208 g/mol. The SMILES string of the molecule is CC(C)(C)Cc1cn2c(n1)CC(O)CC2. The van der Waals surface area contributed by atoms with Crippen molar-refractivity contribution in [3.8, 4) is 0 Å². The lowest BCUT2D eigenvalue weighted by molar-refractivity contribution is 0.141. The molecule has 2 rings (SSSR count). The first kappa shape index (κ1) is 10.7. The van der Waals surface area contributed by atoms with E-state index in [0.717, 1.165) is 30.9 Å². The summed E-state index contributed by atoms with van der Waals surface area (Å²) in [6, 6.07) is 0. The Kier molecular flexibility index (Phi) is 2.59. The first-order valence-corrected chi connectivity index (χ1v) is 5.67. The molecule has 15 heavy (non-hydrogen) atoms. The van der Waals surface area contributed by atoms with Crippen molar-refractivity contribution in [2.45, 2.75) is 52.7 Å². The van der Waals surface area contributed by atoms with Gasteiger partial charge < -0.3 is 9.67 Å². The van der Waals surface area contributed by atoms with Crippen LogP contribution in [0.5, 0.6) is 0 Å². The van der Waals surface area contributed by atoms with E-state index in [2.05, 4.69) is 36.5 Å². The van der Waals surface area contributed by atoms with E-state index >= 15 is 0 Å². The van der Waals surface area contributed by atoms with Crippen LogP contribution < -0.4 is 0 Å². The molecule has 1 aromatic rings. The molecule has 3 nitrogen and oxygen atoms in total. The molecule has 0 amide bonds. The molecule has 0 saturated carbocycles. The zero-order valence-corrected chi connectivity index (χ0v) is 9.82. The second kappa shape index (κ2) is 3.63. The number of fused-ring (bicyclic) bond motifs is 1. The van der Waals surface area contributed by atoms with Crippen LogP contribution in [0.25, 0.3) is 0 Å². The number of nitrogens with zero attached hydrogens (tertiary/aromatic N) is 2. The maximum absolute atomic E-state index is 9.54. The molecule has 1 unspecified atom stereocenters. The molecule has 0 saturated heterocycles. The molecular formula is C12H20N2O. The lowest BCUT2D eigenvalue weighted by Gasteiger charge is -2.18. The van der Waals surface area contributed by atoms with E-state index in [-0.39, 0.29) is 11.5 Å². The minimum absolute atomic E-state index is 0.192. The molecular weight excluding hydrogens is 188 g/mol. The second-order valence-electron chi connectivity index (χ2n) is 5.73. The standard InChI is InChI=1S/C12H20N2O/c1-12(2,3)7-9-8-14-5-4-10(15)6-11(14)13-9/h8,10,15H,4-7H2,1-3H3. The van der Waals surface area contributed by atoms with Gasteiger partial charge in [-0.05, 0) is 18.3 Å². The monoisotopic (exact) mass is 208 g/mol. The number of aromatic nitrogens is 2. The first-order valence-electron chi connectivity index (χ1n) is 5.67. The highest BCUT2D eigenvalue weighted by Gasteiger charge is 2.20. The van der Waals surface area contributed by atoms with Gasteiger partial charge in [0.2, 0.25) is 0 Å². The van der Waals surface area contributed by atoms with Gasteiger partial charge in [-0.2, -0.15) is 0 Å². The third kappa shape index (κ3) is 2.59. The van der Waals surface area contributed by atoms with Gasteiger partial charge in [0.15, 0.2) is 0 Å². The zero-order valence-electron chi connectivity index (χ0n) is 9.82. The van der Waals surface area contributed by atoms with Gasteiger partial charge in [-0.3, -0.25) is 0 Å². The Morgan fingerprint density at radius 1 is 1.53 bits per heavy atom. The summed E-state index contributed by atoms with van der Waals surface area (Å²) in [6.07, 6.45) is 4.53. The summed E-state index contributed by atoms with van der Waals surface area (Å²) in [6.45, 7) is 7.58. The van der Waals surface area contributed by atoms with E-state index < -0.39 is 0 Å². The van der Waals surface area contributed by atoms with Crippen LogP contribution in [0.15, 0.2) is 6.20 Å². The first-order chi connectivity index (χ1) is 6.94. The molecule has 84 valence electrons. The van der Waals surface area contributed by atoms with E-state index in [0.29, 0.717) is 6.42 Å². The van der Waals surface area contributed by atoms with Crippen molar-refractivity contribution in [1.29, 1.82) is 0 Å². The summed E-state index contributed by atoms with van der Waals surface area (Å²) < 4.78 is 2.19. The van der Waals surface area contributed by atoms with E-state index in [1.807, 2.05) is 0 Å². The molecule has 0 radical (unpaired) electrons. The summed E-state index contributed by atoms with van der Waals surface area (Å²) in [5.41, 5.74) is 1.44. The Morgan fingerprint density at radius 3 is 2.93 bits per heavy atom. The molecule has 1 aromatic heterocycles. The number of aryl methyl sites for hydroxylation is 1. The minimum Gasteiger partial charge on any atom is -0.393 e. The summed E-state index contributed by atoms with van der Waals surface area (Å²) in [7, 11) is 0. The average Bonchev–Trinajstić information content (AvgIpc) is 2.42. The third-order valence-corrected chi connectivity index (χ3v) is 2.74. The van der Waals surface area contributed by atoms with E-state index in [4.69, 9.17) is 0 Å².